The zero-order valence-corrected chi connectivity index (χ0v) is 18.7. The first kappa shape index (κ1) is 20.7. The van der Waals surface area contributed by atoms with Crippen LogP contribution in [-0.2, 0) is 0 Å². The van der Waals surface area contributed by atoms with Crippen molar-refractivity contribution in [2.24, 2.45) is 0 Å². The van der Waals surface area contributed by atoms with Gasteiger partial charge in [0.2, 0.25) is 0 Å². The van der Waals surface area contributed by atoms with Crippen LogP contribution >= 0.6 is 35.1 Å². The molecule has 2 aromatic rings. The quantitative estimate of drug-likeness (QED) is 0.752. The second kappa shape index (κ2) is 8.67. The molecule has 2 aliphatic rings. The highest BCUT2D eigenvalue weighted by Gasteiger charge is 2.32. The number of fused-ring (bicyclic) bond motifs is 1. The monoisotopic (exact) mass is 454 g/mol. The Labute approximate surface area is 183 Å². The van der Waals surface area contributed by atoms with E-state index >= 15 is 0 Å². The maximum absolute atomic E-state index is 12.9. The lowest BCUT2D eigenvalue weighted by atomic mass is 10.2. The third-order valence-corrected chi connectivity index (χ3v) is 7.78. The number of aromatic nitrogens is 2. The fourth-order valence-corrected chi connectivity index (χ4v) is 5.91. The smallest absolute Gasteiger partial charge is 0.416 e. The van der Waals surface area contributed by atoms with Crippen LogP contribution < -0.4 is 4.74 Å². The number of amides is 1. The number of nitrogens with zero attached hydrogens (tertiary/aromatic N) is 4. The number of piperazine rings is 1. The number of aromatic hydroxyl groups is 1. The number of carbonyl (C=O) groups excluding carboxylic acids is 1. The summed E-state index contributed by atoms with van der Waals surface area (Å²) in [5, 5.41) is 12.2. The van der Waals surface area contributed by atoms with Crippen molar-refractivity contribution in [3.05, 3.63) is 23.4 Å². The summed E-state index contributed by atoms with van der Waals surface area (Å²) in [6, 6.07) is 3.93. The molecule has 4 heterocycles. The summed E-state index contributed by atoms with van der Waals surface area (Å²) in [4.78, 5) is 22.0. The van der Waals surface area contributed by atoms with Crippen molar-refractivity contribution >= 4 is 41.2 Å². The molecule has 10 heteroatoms. The van der Waals surface area contributed by atoms with Crippen LogP contribution in [0.25, 0.3) is 5.82 Å². The summed E-state index contributed by atoms with van der Waals surface area (Å²) < 4.78 is 7.44. The molecule has 0 aliphatic carbocycles. The van der Waals surface area contributed by atoms with Gasteiger partial charge in [0.15, 0.2) is 5.75 Å². The van der Waals surface area contributed by atoms with Crippen molar-refractivity contribution < 1.29 is 14.6 Å². The molecule has 0 unspecified atom stereocenters. The number of thioether (sulfide) groups is 2. The highest BCUT2D eigenvalue weighted by Crippen LogP contribution is 2.50. The van der Waals surface area contributed by atoms with Crippen molar-refractivity contribution in [3.8, 4) is 17.4 Å². The van der Waals surface area contributed by atoms with Gasteiger partial charge in [0, 0.05) is 49.9 Å². The second-order valence-corrected chi connectivity index (χ2v) is 9.76. The first-order valence-corrected chi connectivity index (χ1v) is 11.9. The Morgan fingerprint density at radius 3 is 2.59 bits per heavy atom. The lowest BCUT2D eigenvalue weighted by molar-refractivity contribution is 0.0948. The molecule has 29 heavy (non-hydrogen) atoms. The largest absolute Gasteiger partial charge is 0.502 e. The highest BCUT2D eigenvalue weighted by molar-refractivity contribution is 8.05. The van der Waals surface area contributed by atoms with Gasteiger partial charge in [-0.2, -0.15) is 0 Å². The van der Waals surface area contributed by atoms with Crippen LogP contribution in [0.3, 0.4) is 0 Å². The van der Waals surface area contributed by atoms with Crippen LogP contribution in [0.2, 0.25) is 5.02 Å². The molecule has 1 N–H and O–H groups in total. The van der Waals surface area contributed by atoms with Gasteiger partial charge in [-0.1, -0.05) is 11.6 Å². The predicted molar refractivity (Wildman–Crippen MR) is 116 cm³/mol. The van der Waals surface area contributed by atoms with Gasteiger partial charge in [0.05, 0.1) is 9.92 Å². The number of pyridine rings is 1. The van der Waals surface area contributed by atoms with Gasteiger partial charge in [0.25, 0.3) is 5.88 Å². The van der Waals surface area contributed by atoms with Gasteiger partial charge in [-0.15, -0.1) is 23.5 Å². The lowest BCUT2D eigenvalue weighted by Crippen LogP contribution is -2.51. The summed E-state index contributed by atoms with van der Waals surface area (Å²) in [6.45, 7) is 7.11. The summed E-state index contributed by atoms with van der Waals surface area (Å²) in [6.07, 6.45) is 1.08. The Morgan fingerprint density at radius 1 is 1.21 bits per heavy atom. The van der Waals surface area contributed by atoms with E-state index in [9.17, 15) is 9.90 Å². The van der Waals surface area contributed by atoms with Gasteiger partial charge in [-0.3, -0.25) is 9.47 Å². The Morgan fingerprint density at radius 2 is 1.93 bits per heavy atom. The van der Waals surface area contributed by atoms with Crippen LogP contribution in [0.1, 0.15) is 13.8 Å². The van der Waals surface area contributed by atoms with Crippen molar-refractivity contribution in [2.75, 3.05) is 37.7 Å². The molecule has 0 spiro atoms. The van der Waals surface area contributed by atoms with Crippen LogP contribution in [0.4, 0.5) is 4.79 Å². The molecule has 1 fully saturated rings. The number of hydrogen-bond acceptors (Lipinski definition) is 7. The fraction of sp³-hybridized carbons (Fsp3) is 0.474. The molecule has 1 amide bonds. The van der Waals surface area contributed by atoms with Gasteiger partial charge in [0.1, 0.15) is 10.8 Å². The average molecular weight is 455 g/mol. The number of halogens is 1. The van der Waals surface area contributed by atoms with Crippen molar-refractivity contribution in [2.45, 2.75) is 29.8 Å². The minimum absolute atomic E-state index is 0.0110. The standard InChI is InChI=1S/C19H23ClN4O3S2/c1-12(2)22-5-7-23(8-6-22)19(26)27-17-15(25)16-18(29-10-9-28-16)24(17)14-4-3-13(20)11-21-14/h3-4,11-12,25H,5-10H2,1-2H3. The molecular formula is C19H23ClN4O3S2. The fourth-order valence-electron chi connectivity index (χ4n) is 3.41. The SMILES string of the molecule is CC(C)N1CCN(C(=O)Oc2c(O)c3c(n2-c2ccc(Cl)cn2)SCCS3)CC1. The molecule has 2 aromatic heterocycles. The number of ether oxygens (including phenoxy) is 1. The Hall–Kier alpha value is -1.55. The molecule has 1 saturated heterocycles. The topological polar surface area (TPSA) is 70.8 Å². The zero-order chi connectivity index (χ0) is 20.5. The van der Waals surface area contributed by atoms with E-state index in [1.807, 2.05) is 0 Å². The molecule has 0 bridgehead atoms. The van der Waals surface area contributed by atoms with E-state index in [4.69, 9.17) is 16.3 Å². The third-order valence-electron chi connectivity index (χ3n) is 5.01. The Balaban J connectivity index is 1.62. The Bertz CT molecular complexity index is 896. The van der Waals surface area contributed by atoms with Gasteiger partial charge in [-0.25, -0.2) is 9.78 Å². The summed E-state index contributed by atoms with van der Waals surface area (Å²) in [5.41, 5.74) is 0. The third kappa shape index (κ3) is 4.19. The zero-order valence-electron chi connectivity index (χ0n) is 16.3. The molecular weight excluding hydrogens is 432 g/mol. The van der Waals surface area contributed by atoms with Crippen LogP contribution in [0, 0.1) is 0 Å². The normalized spacial score (nSPS) is 17.4. The first-order valence-electron chi connectivity index (χ1n) is 9.51. The average Bonchev–Trinajstić information content (AvgIpc) is 3.01. The van der Waals surface area contributed by atoms with Gasteiger partial charge < -0.3 is 14.7 Å². The number of hydrogen-bond donors (Lipinski definition) is 1. The van der Waals surface area contributed by atoms with E-state index in [1.165, 1.54) is 6.20 Å². The van der Waals surface area contributed by atoms with E-state index < -0.39 is 6.09 Å². The van der Waals surface area contributed by atoms with E-state index in [-0.39, 0.29) is 11.6 Å². The van der Waals surface area contributed by atoms with Gasteiger partial charge in [-0.05, 0) is 26.0 Å². The summed E-state index contributed by atoms with van der Waals surface area (Å²) >= 11 is 9.15. The highest BCUT2D eigenvalue weighted by atomic mass is 35.5. The van der Waals surface area contributed by atoms with E-state index in [0.29, 0.717) is 30.0 Å². The molecule has 156 valence electrons. The van der Waals surface area contributed by atoms with Crippen molar-refractivity contribution in [1.29, 1.82) is 0 Å². The predicted octanol–water partition coefficient (Wildman–Crippen LogP) is 3.95. The molecule has 2 aliphatic heterocycles. The molecule has 0 atom stereocenters. The van der Waals surface area contributed by atoms with E-state index in [2.05, 4.69) is 23.7 Å². The van der Waals surface area contributed by atoms with Gasteiger partial charge >= 0.3 is 6.09 Å². The second-order valence-electron chi connectivity index (χ2n) is 7.14. The summed E-state index contributed by atoms with van der Waals surface area (Å²) in [7, 11) is 0. The maximum atomic E-state index is 12.9. The van der Waals surface area contributed by atoms with E-state index in [0.717, 1.165) is 34.5 Å². The lowest BCUT2D eigenvalue weighted by Gasteiger charge is -2.36. The molecule has 0 aromatic carbocycles. The van der Waals surface area contributed by atoms with Crippen molar-refractivity contribution in [3.63, 3.8) is 0 Å². The minimum atomic E-state index is -0.455. The Kier molecular flexibility index (Phi) is 6.19. The number of rotatable bonds is 3. The van der Waals surface area contributed by atoms with Crippen molar-refractivity contribution in [1.82, 2.24) is 19.4 Å². The maximum Gasteiger partial charge on any atom is 0.416 e. The van der Waals surface area contributed by atoms with E-state index in [1.54, 1.807) is 45.1 Å². The van der Waals surface area contributed by atoms with Crippen LogP contribution in [0.15, 0.2) is 28.3 Å². The molecule has 0 saturated carbocycles. The summed E-state index contributed by atoms with van der Waals surface area (Å²) in [5.74, 6) is 2.44. The number of carbonyl (C=O) groups is 1. The van der Waals surface area contributed by atoms with Crippen LogP contribution in [0.5, 0.6) is 11.6 Å². The molecule has 7 nitrogen and oxygen atoms in total. The van der Waals surface area contributed by atoms with Crippen LogP contribution in [-0.4, -0.2) is 74.3 Å². The molecule has 0 radical (unpaired) electrons. The minimum Gasteiger partial charge on any atom is -0.502 e. The molecule has 4 rings (SSSR count). The first-order chi connectivity index (χ1) is 14.0.